The lowest BCUT2D eigenvalue weighted by atomic mass is 10.0. The highest BCUT2D eigenvalue weighted by Crippen LogP contribution is 2.24. The summed E-state index contributed by atoms with van der Waals surface area (Å²) in [5.74, 6) is 0. The molecule has 0 radical (unpaired) electrons. The van der Waals surface area contributed by atoms with Crippen LogP contribution in [0, 0.1) is 0 Å². The maximum atomic E-state index is 8.94. The van der Waals surface area contributed by atoms with Crippen LogP contribution in [-0.4, -0.2) is 36.4 Å². The highest BCUT2D eigenvalue weighted by atomic mass is 16.3. The first-order valence-corrected chi connectivity index (χ1v) is 3.44. The summed E-state index contributed by atoms with van der Waals surface area (Å²) in [5, 5.41) is 15.6. The first-order valence-electron chi connectivity index (χ1n) is 3.44. The summed E-state index contributed by atoms with van der Waals surface area (Å²) in [4.78, 5) is 0. The number of piperazine rings is 1. The Kier molecular flexibility index (Phi) is 1.06. The van der Waals surface area contributed by atoms with Gasteiger partial charge in [0.25, 0.3) is 0 Å². The van der Waals surface area contributed by atoms with Crippen LogP contribution in [0.15, 0.2) is 0 Å². The third kappa shape index (κ3) is 0.689. The molecule has 3 nitrogen and oxygen atoms in total. The Hall–Kier alpha value is -0.120. The molecular formula is C6H12N2O. The summed E-state index contributed by atoms with van der Waals surface area (Å²) >= 11 is 0. The third-order valence-electron chi connectivity index (χ3n) is 2.39. The number of hydrogen-bond acceptors (Lipinski definition) is 3. The van der Waals surface area contributed by atoms with Crippen LogP contribution in [0.5, 0.6) is 0 Å². The second-order valence-corrected chi connectivity index (χ2v) is 3.10. The molecule has 3 heteroatoms. The van der Waals surface area contributed by atoms with E-state index >= 15 is 0 Å². The van der Waals surface area contributed by atoms with Gasteiger partial charge in [-0.25, -0.2) is 0 Å². The van der Waals surface area contributed by atoms with Gasteiger partial charge in [0, 0.05) is 19.1 Å². The van der Waals surface area contributed by atoms with Gasteiger partial charge >= 0.3 is 0 Å². The monoisotopic (exact) mass is 128 g/mol. The first kappa shape index (κ1) is 5.65. The van der Waals surface area contributed by atoms with Crippen molar-refractivity contribution in [2.24, 2.45) is 0 Å². The van der Waals surface area contributed by atoms with Gasteiger partial charge in [0.2, 0.25) is 0 Å². The van der Waals surface area contributed by atoms with Crippen molar-refractivity contribution in [2.75, 3.05) is 19.7 Å². The van der Waals surface area contributed by atoms with Crippen LogP contribution >= 0.6 is 0 Å². The average molecular weight is 128 g/mol. The molecule has 2 heterocycles. The van der Waals surface area contributed by atoms with Gasteiger partial charge in [0.05, 0.1) is 12.1 Å². The van der Waals surface area contributed by atoms with Crippen molar-refractivity contribution in [1.82, 2.24) is 10.6 Å². The van der Waals surface area contributed by atoms with Crippen LogP contribution in [-0.2, 0) is 0 Å². The van der Waals surface area contributed by atoms with Gasteiger partial charge in [-0.3, -0.25) is 0 Å². The maximum absolute atomic E-state index is 8.94. The molecule has 1 unspecified atom stereocenters. The molecule has 2 rings (SSSR count). The highest BCUT2D eigenvalue weighted by Gasteiger charge is 2.43. The van der Waals surface area contributed by atoms with Crippen molar-refractivity contribution < 1.29 is 5.11 Å². The zero-order valence-electron chi connectivity index (χ0n) is 5.35. The lowest BCUT2D eigenvalue weighted by molar-refractivity contribution is 0.186. The Bertz CT molecular complexity index is 118. The van der Waals surface area contributed by atoms with Crippen LogP contribution in [0.3, 0.4) is 0 Å². The Labute approximate surface area is 54.4 Å². The van der Waals surface area contributed by atoms with E-state index in [9.17, 15) is 0 Å². The van der Waals surface area contributed by atoms with Crippen molar-refractivity contribution in [3.05, 3.63) is 0 Å². The topological polar surface area (TPSA) is 44.3 Å². The SMILES string of the molecule is OC[C@@]12CNC(CN1)C2. The normalized spacial score (nSPS) is 48.3. The zero-order valence-corrected chi connectivity index (χ0v) is 5.35. The number of rotatable bonds is 1. The summed E-state index contributed by atoms with van der Waals surface area (Å²) in [5.41, 5.74) is 0.0463. The second-order valence-electron chi connectivity index (χ2n) is 3.10. The molecule has 0 aromatic carbocycles. The zero-order chi connectivity index (χ0) is 6.32. The first-order chi connectivity index (χ1) is 4.35. The van der Waals surface area contributed by atoms with E-state index in [1.807, 2.05) is 0 Å². The molecule has 2 bridgehead atoms. The van der Waals surface area contributed by atoms with Crippen molar-refractivity contribution in [3.63, 3.8) is 0 Å². The molecule has 3 N–H and O–H groups in total. The summed E-state index contributed by atoms with van der Waals surface area (Å²) in [6.07, 6.45) is 1.10. The minimum atomic E-state index is 0.0463. The van der Waals surface area contributed by atoms with E-state index in [1.54, 1.807) is 0 Å². The third-order valence-corrected chi connectivity index (χ3v) is 2.39. The fourth-order valence-corrected chi connectivity index (χ4v) is 1.75. The van der Waals surface area contributed by atoms with Gasteiger partial charge < -0.3 is 15.7 Å². The molecule has 2 aliphatic heterocycles. The molecule has 0 aromatic heterocycles. The molecule has 52 valence electrons. The molecule has 2 fully saturated rings. The quantitative estimate of drug-likeness (QED) is 0.410. The minimum absolute atomic E-state index is 0.0463. The fourth-order valence-electron chi connectivity index (χ4n) is 1.75. The summed E-state index contributed by atoms with van der Waals surface area (Å²) in [6.45, 7) is 2.24. The van der Waals surface area contributed by atoms with Crippen LogP contribution in [0.4, 0.5) is 0 Å². The van der Waals surface area contributed by atoms with Gasteiger partial charge in [-0.05, 0) is 6.42 Å². The molecule has 2 aliphatic rings. The van der Waals surface area contributed by atoms with E-state index in [4.69, 9.17) is 5.11 Å². The predicted octanol–water partition coefficient (Wildman–Crippen LogP) is -1.32. The van der Waals surface area contributed by atoms with Crippen LogP contribution in [0.1, 0.15) is 6.42 Å². The molecule has 2 saturated heterocycles. The molecule has 2 atom stereocenters. The Morgan fingerprint density at radius 2 is 2.56 bits per heavy atom. The molecule has 0 aliphatic carbocycles. The number of nitrogens with one attached hydrogen (secondary N) is 2. The van der Waals surface area contributed by atoms with E-state index in [0.29, 0.717) is 6.04 Å². The fraction of sp³-hybridized carbons (Fsp3) is 1.00. The lowest BCUT2D eigenvalue weighted by Crippen LogP contribution is -2.51. The van der Waals surface area contributed by atoms with Gasteiger partial charge in [-0.15, -0.1) is 0 Å². The number of aliphatic hydroxyl groups is 1. The molecule has 0 saturated carbocycles. The number of aliphatic hydroxyl groups excluding tert-OH is 1. The lowest BCUT2D eigenvalue weighted by Gasteiger charge is -2.24. The van der Waals surface area contributed by atoms with Gasteiger partial charge in [0.1, 0.15) is 0 Å². The van der Waals surface area contributed by atoms with Crippen LogP contribution in [0.25, 0.3) is 0 Å². The molecule has 0 aromatic rings. The molecule has 0 spiro atoms. The minimum Gasteiger partial charge on any atom is -0.394 e. The predicted molar refractivity (Wildman–Crippen MR) is 34.2 cm³/mol. The Morgan fingerprint density at radius 3 is 2.78 bits per heavy atom. The van der Waals surface area contributed by atoms with Gasteiger partial charge in [0.15, 0.2) is 0 Å². The van der Waals surface area contributed by atoms with Crippen molar-refractivity contribution in [3.8, 4) is 0 Å². The van der Waals surface area contributed by atoms with Crippen LogP contribution < -0.4 is 10.6 Å². The van der Waals surface area contributed by atoms with E-state index in [0.717, 1.165) is 19.5 Å². The average Bonchev–Trinajstić information content (AvgIpc) is 2.46. The summed E-state index contributed by atoms with van der Waals surface area (Å²) in [6, 6.07) is 0.622. The standard InChI is InChI=1S/C6H12N2O/c9-4-6-1-5(2-8-6)7-3-6/h5,7-9H,1-4H2/t5?,6-/m1/s1. The Morgan fingerprint density at radius 1 is 1.67 bits per heavy atom. The van der Waals surface area contributed by atoms with Crippen LogP contribution in [0.2, 0.25) is 0 Å². The van der Waals surface area contributed by atoms with E-state index in [-0.39, 0.29) is 12.1 Å². The Balaban J connectivity index is 2.13. The van der Waals surface area contributed by atoms with Gasteiger partial charge in [-0.1, -0.05) is 0 Å². The summed E-state index contributed by atoms with van der Waals surface area (Å²) in [7, 11) is 0. The number of fused-ring (bicyclic) bond motifs is 2. The largest absolute Gasteiger partial charge is 0.394 e. The van der Waals surface area contributed by atoms with Crippen molar-refractivity contribution >= 4 is 0 Å². The van der Waals surface area contributed by atoms with Gasteiger partial charge in [-0.2, -0.15) is 0 Å². The van der Waals surface area contributed by atoms with Crippen molar-refractivity contribution in [1.29, 1.82) is 0 Å². The maximum Gasteiger partial charge on any atom is 0.0626 e. The van der Waals surface area contributed by atoms with Crippen molar-refractivity contribution in [2.45, 2.75) is 18.0 Å². The second kappa shape index (κ2) is 1.68. The molecule has 9 heavy (non-hydrogen) atoms. The van der Waals surface area contributed by atoms with E-state index in [1.165, 1.54) is 0 Å². The highest BCUT2D eigenvalue weighted by molar-refractivity contribution is 5.07. The smallest absolute Gasteiger partial charge is 0.0626 e. The van der Waals surface area contributed by atoms with E-state index < -0.39 is 0 Å². The molecule has 0 amide bonds. The number of hydrogen-bond donors (Lipinski definition) is 3. The summed E-state index contributed by atoms with van der Waals surface area (Å²) < 4.78 is 0. The van der Waals surface area contributed by atoms with E-state index in [2.05, 4.69) is 10.6 Å². The molecular weight excluding hydrogens is 116 g/mol.